The first kappa shape index (κ1) is 10.8. The van der Waals surface area contributed by atoms with Crippen molar-refractivity contribution >= 4 is 16.5 Å². The number of rotatable bonds is 0. The molecular formula is C12H10F3N. The minimum Gasteiger partial charge on any atom is -0.398 e. The van der Waals surface area contributed by atoms with Crippen LogP contribution in [0.5, 0.6) is 0 Å². The van der Waals surface area contributed by atoms with Crippen molar-refractivity contribution in [3.05, 3.63) is 41.5 Å². The Morgan fingerprint density at radius 3 is 2.31 bits per heavy atom. The molecule has 0 heterocycles. The Morgan fingerprint density at radius 2 is 1.69 bits per heavy atom. The van der Waals surface area contributed by atoms with Gasteiger partial charge in [-0.15, -0.1) is 0 Å². The SMILES string of the molecule is Cc1ccc2ccc(N)c(C(F)(F)F)c2c1. The summed E-state index contributed by atoms with van der Waals surface area (Å²) in [4.78, 5) is 0. The Bertz CT molecular complexity index is 538. The van der Waals surface area contributed by atoms with E-state index in [-0.39, 0.29) is 11.1 Å². The summed E-state index contributed by atoms with van der Waals surface area (Å²) >= 11 is 0. The van der Waals surface area contributed by atoms with Crippen LogP contribution in [0.25, 0.3) is 10.8 Å². The van der Waals surface area contributed by atoms with Crippen molar-refractivity contribution in [2.24, 2.45) is 0 Å². The molecule has 0 aromatic heterocycles. The third kappa shape index (κ3) is 1.71. The number of hydrogen-bond acceptors (Lipinski definition) is 1. The van der Waals surface area contributed by atoms with E-state index in [9.17, 15) is 13.2 Å². The lowest BCUT2D eigenvalue weighted by Crippen LogP contribution is -2.09. The molecule has 0 saturated heterocycles. The molecule has 2 aromatic carbocycles. The number of anilines is 1. The Kier molecular flexibility index (Phi) is 2.30. The molecule has 0 saturated carbocycles. The third-order valence-electron chi connectivity index (χ3n) is 2.49. The fraction of sp³-hybridized carbons (Fsp3) is 0.167. The maximum Gasteiger partial charge on any atom is 0.418 e. The number of nitrogen functional groups attached to an aromatic ring is 1. The zero-order chi connectivity index (χ0) is 11.9. The average molecular weight is 225 g/mol. The lowest BCUT2D eigenvalue weighted by molar-refractivity contribution is -0.135. The van der Waals surface area contributed by atoms with Gasteiger partial charge in [-0.05, 0) is 23.8 Å². The van der Waals surface area contributed by atoms with E-state index in [0.717, 1.165) is 5.56 Å². The Hall–Kier alpha value is -1.71. The maximum absolute atomic E-state index is 12.8. The van der Waals surface area contributed by atoms with E-state index in [0.29, 0.717) is 5.39 Å². The Labute approximate surface area is 90.7 Å². The van der Waals surface area contributed by atoms with Crippen LogP contribution in [0, 0.1) is 6.92 Å². The van der Waals surface area contributed by atoms with Crippen LogP contribution in [0.15, 0.2) is 30.3 Å². The van der Waals surface area contributed by atoms with Crippen LogP contribution in [0.4, 0.5) is 18.9 Å². The second kappa shape index (κ2) is 3.40. The van der Waals surface area contributed by atoms with Crippen molar-refractivity contribution in [2.45, 2.75) is 13.1 Å². The van der Waals surface area contributed by atoms with Gasteiger partial charge in [0.2, 0.25) is 0 Å². The van der Waals surface area contributed by atoms with Crippen LogP contribution in [-0.4, -0.2) is 0 Å². The third-order valence-corrected chi connectivity index (χ3v) is 2.49. The standard InChI is InChI=1S/C12H10F3N/c1-7-2-3-8-4-5-10(16)11(9(8)6-7)12(13,14)15/h2-6H,16H2,1H3. The van der Waals surface area contributed by atoms with E-state index < -0.39 is 11.7 Å². The van der Waals surface area contributed by atoms with Crippen LogP contribution in [0.2, 0.25) is 0 Å². The van der Waals surface area contributed by atoms with Gasteiger partial charge in [0.05, 0.1) is 5.56 Å². The van der Waals surface area contributed by atoms with E-state index in [1.54, 1.807) is 25.1 Å². The fourth-order valence-corrected chi connectivity index (χ4v) is 1.77. The maximum atomic E-state index is 12.8. The van der Waals surface area contributed by atoms with E-state index >= 15 is 0 Å². The Balaban J connectivity index is 2.88. The summed E-state index contributed by atoms with van der Waals surface area (Å²) in [5.41, 5.74) is 5.21. The van der Waals surface area contributed by atoms with Gasteiger partial charge in [0.15, 0.2) is 0 Å². The van der Waals surface area contributed by atoms with E-state index in [1.165, 1.54) is 12.1 Å². The van der Waals surface area contributed by atoms with Crippen molar-refractivity contribution in [3.63, 3.8) is 0 Å². The molecular weight excluding hydrogens is 215 g/mol. The highest BCUT2D eigenvalue weighted by molar-refractivity contribution is 5.90. The summed E-state index contributed by atoms with van der Waals surface area (Å²) in [7, 11) is 0. The molecule has 0 radical (unpaired) electrons. The van der Waals surface area contributed by atoms with Crippen LogP contribution in [0.1, 0.15) is 11.1 Å². The molecule has 2 N–H and O–H groups in total. The number of nitrogens with two attached hydrogens (primary N) is 1. The number of benzene rings is 2. The van der Waals surface area contributed by atoms with Gasteiger partial charge in [-0.1, -0.05) is 29.8 Å². The van der Waals surface area contributed by atoms with Gasteiger partial charge in [0.25, 0.3) is 0 Å². The van der Waals surface area contributed by atoms with Gasteiger partial charge in [-0.25, -0.2) is 0 Å². The van der Waals surface area contributed by atoms with Crippen molar-refractivity contribution < 1.29 is 13.2 Å². The molecule has 0 fully saturated rings. The smallest absolute Gasteiger partial charge is 0.398 e. The summed E-state index contributed by atoms with van der Waals surface area (Å²) in [5, 5.41) is 0.708. The van der Waals surface area contributed by atoms with E-state index in [2.05, 4.69) is 0 Å². The highest BCUT2D eigenvalue weighted by atomic mass is 19.4. The lowest BCUT2D eigenvalue weighted by atomic mass is 10.0. The van der Waals surface area contributed by atoms with Crippen molar-refractivity contribution in [1.29, 1.82) is 0 Å². The first-order valence-electron chi connectivity index (χ1n) is 4.75. The first-order chi connectivity index (χ1) is 7.39. The molecule has 16 heavy (non-hydrogen) atoms. The highest BCUT2D eigenvalue weighted by Crippen LogP contribution is 2.38. The molecule has 0 amide bonds. The average Bonchev–Trinajstić information content (AvgIpc) is 2.14. The minimum absolute atomic E-state index is 0.160. The predicted octanol–water partition coefficient (Wildman–Crippen LogP) is 3.75. The van der Waals surface area contributed by atoms with Crippen LogP contribution in [-0.2, 0) is 6.18 Å². The van der Waals surface area contributed by atoms with Gasteiger partial charge in [0, 0.05) is 5.69 Å². The predicted molar refractivity (Wildman–Crippen MR) is 58.1 cm³/mol. The summed E-state index contributed by atoms with van der Waals surface area (Å²) in [5.74, 6) is 0. The second-order valence-electron chi connectivity index (χ2n) is 3.75. The second-order valence-corrected chi connectivity index (χ2v) is 3.75. The number of alkyl halides is 3. The van der Waals surface area contributed by atoms with E-state index in [4.69, 9.17) is 5.73 Å². The molecule has 0 bridgehead atoms. The van der Waals surface area contributed by atoms with Gasteiger partial charge in [-0.3, -0.25) is 0 Å². The van der Waals surface area contributed by atoms with Crippen LogP contribution < -0.4 is 5.73 Å². The molecule has 0 aliphatic carbocycles. The molecule has 84 valence electrons. The molecule has 0 spiro atoms. The molecule has 1 nitrogen and oxygen atoms in total. The van der Waals surface area contributed by atoms with Crippen LogP contribution >= 0.6 is 0 Å². The van der Waals surface area contributed by atoms with Crippen molar-refractivity contribution in [3.8, 4) is 0 Å². The van der Waals surface area contributed by atoms with Crippen molar-refractivity contribution in [2.75, 3.05) is 5.73 Å². The first-order valence-corrected chi connectivity index (χ1v) is 4.75. The molecule has 0 atom stereocenters. The van der Waals surface area contributed by atoms with Gasteiger partial charge in [0.1, 0.15) is 0 Å². The quantitative estimate of drug-likeness (QED) is 0.679. The number of aryl methyl sites for hydroxylation is 1. The molecule has 2 rings (SSSR count). The van der Waals surface area contributed by atoms with Gasteiger partial charge in [-0.2, -0.15) is 13.2 Å². The molecule has 0 aliphatic rings. The molecule has 0 unspecified atom stereocenters. The van der Waals surface area contributed by atoms with Crippen LogP contribution in [0.3, 0.4) is 0 Å². The fourth-order valence-electron chi connectivity index (χ4n) is 1.77. The zero-order valence-electron chi connectivity index (χ0n) is 8.60. The van der Waals surface area contributed by atoms with Gasteiger partial charge < -0.3 is 5.73 Å². The topological polar surface area (TPSA) is 26.0 Å². The number of hydrogen-bond donors (Lipinski definition) is 1. The molecule has 4 heteroatoms. The summed E-state index contributed by atoms with van der Waals surface area (Å²) < 4.78 is 38.5. The minimum atomic E-state index is -4.42. The highest BCUT2D eigenvalue weighted by Gasteiger charge is 2.34. The van der Waals surface area contributed by atoms with E-state index in [1.807, 2.05) is 0 Å². The Morgan fingerprint density at radius 1 is 1.06 bits per heavy atom. The number of halogens is 3. The molecule has 2 aromatic rings. The summed E-state index contributed by atoms with van der Waals surface area (Å²) in [6.45, 7) is 1.75. The largest absolute Gasteiger partial charge is 0.418 e. The monoisotopic (exact) mass is 225 g/mol. The van der Waals surface area contributed by atoms with Crippen molar-refractivity contribution in [1.82, 2.24) is 0 Å². The molecule has 0 aliphatic heterocycles. The summed E-state index contributed by atoms with van der Waals surface area (Å²) in [6, 6.07) is 7.84. The van der Waals surface area contributed by atoms with Gasteiger partial charge >= 0.3 is 6.18 Å². The summed E-state index contributed by atoms with van der Waals surface area (Å²) in [6.07, 6.45) is -4.42. The zero-order valence-corrected chi connectivity index (χ0v) is 8.60. The lowest BCUT2D eigenvalue weighted by Gasteiger charge is -2.13. The number of fused-ring (bicyclic) bond motifs is 1. The normalized spacial score (nSPS) is 12.0.